The fourth-order valence-corrected chi connectivity index (χ4v) is 5.07. The molecule has 186 valence electrons. The van der Waals surface area contributed by atoms with Gasteiger partial charge in [0.1, 0.15) is 11.6 Å². The maximum atomic E-state index is 15.3. The van der Waals surface area contributed by atoms with E-state index < -0.39 is 23.9 Å². The van der Waals surface area contributed by atoms with Crippen molar-refractivity contribution in [2.24, 2.45) is 0 Å². The Balaban J connectivity index is 1.39. The number of fused-ring (bicyclic) bond motifs is 3. The van der Waals surface area contributed by atoms with Crippen LogP contribution in [-0.2, 0) is 19.9 Å². The lowest BCUT2D eigenvalue weighted by atomic mass is 10.0. The van der Waals surface area contributed by atoms with Crippen molar-refractivity contribution in [2.75, 3.05) is 25.1 Å². The third-order valence-corrected chi connectivity index (χ3v) is 6.92. The van der Waals surface area contributed by atoms with Crippen LogP contribution in [0.15, 0.2) is 18.3 Å². The lowest BCUT2D eigenvalue weighted by molar-refractivity contribution is -0.156. The number of benzene rings is 1. The molecule has 3 fully saturated rings. The Kier molecular flexibility index (Phi) is 5.46. The predicted molar refractivity (Wildman–Crippen MR) is 122 cm³/mol. The summed E-state index contributed by atoms with van der Waals surface area (Å²) in [5.74, 6) is -0.242. The molecule has 3 aromatic rings. The van der Waals surface area contributed by atoms with Crippen molar-refractivity contribution in [3.05, 3.63) is 35.0 Å². The van der Waals surface area contributed by atoms with Crippen LogP contribution in [0.5, 0.6) is 0 Å². The second-order valence-corrected chi connectivity index (χ2v) is 9.92. The summed E-state index contributed by atoms with van der Waals surface area (Å²) in [5.41, 5.74) is -0.552. The van der Waals surface area contributed by atoms with Crippen LogP contribution in [-0.4, -0.2) is 69.0 Å². The van der Waals surface area contributed by atoms with Gasteiger partial charge in [0.2, 0.25) is 11.6 Å². The average molecular weight is 508 g/mol. The average Bonchev–Trinajstić information content (AvgIpc) is 3.39. The molecule has 0 saturated carbocycles. The van der Waals surface area contributed by atoms with E-state index in [1.54, 1.807) is 10.6 Å². The number of ether oxygens (including phenoxy) is 3. The van der Waals surface area contributed by atoms with E-state index in [0.717, 1.165) is 0 Å². The molecule has 3 aliphatic heterocycles. The molecule has 3 saturated heterocycles. The second kappa shape index (κ2) is 8.31. The van der Waals surface area contributed by atoms with Crippen molar-refractivity contribution < 1.29 is 28.1 Å². The number of hydrogen-bond acceptors (Lipinski definition) is 8. The number of aromatic nitrogens is 4. The molecule has 3 aliphatic rings. The zero-order valence-corrected chi connectivity index (χ0v) is 19.8. The first-order valence-corrected chi connectivity index (χ1v) is 11.8. The molecule has 0 radical (unpaired) electrons. The van der Waals surface area contributed by atoms with Crippen LogP contribution in [0, 0.1) is 5.82 Å². The van der Waals surface area contributed by atoms with Crippen molar-refractivity contribution >= 4 is 28.6 Å². The number of halogens is 3. The number of nitrogens with one attached hydrogen (secondary N) is 1. The molecule has 6 rings (SSSR count). The number of hydrogen-bond donors (Lipinski definition) is 2. The highest BCUT2D eigenvalue weighted by Gasteiger charge is 2.46. The summed E-state index contributed by atoms with van der Waals surface area (Å²) in [4.78, 5) is 13.0. The van der Waals surface area contributed by atoms with Crippen LogP contribution in [0.1, 0.15) is 32.1 Å². The molecule has 4 atom stereocenters. The first-order valence-electron chi connectivity index (χ1n) is 11.5. The molecule has 0 spiro atoms. The van der Waals surface area contributed by atoms with Crippen molar-refractivity contribution in [2.45, 2.75) is 56.5 Å². The highest BCUT2D eigenvalue weighted by molar-refractivity contribution is 6.33. The van der Waals surface area contributed by atoms with Gasteiger partial charge in [-0.25, -0.2) is 23.7 Å². The van der Waals surface area contributed by atoms with Gasteiger partial charge < -0.3 is 29.2 Å². The van der Waals surface area contributed by atoms with E-state index in [0.29, 0.717) is 29.8 Å². The topological polar surface area (TPSA) is 104 Å². The molecular formula is C23H24ClF2N5O4. The summed E-state index contributed by atoms with van der Waals surface area (Å²) in [7, 11) is 0. The molecule has 0 aliphatic carbocycles. The second-order valence-electron chi connectivity index (χ2n) is 9.51. The van der Waals surface area contributed by atoms with Crippen LogP contribution in [0.2, 0.25) is 5.02 Å². The summed E-state index contributed by atoms with van der Waals surface area (Å²) in [5, 5.41) is 13.8. The Labute approximate surface area is 204 Å². The van der Waals surface area contributed by atoms with E-state index in [2.05, 4.69) is 20.3 Å². The molecular weight excluding hydrogens is 484 g/mol. The highest BCUT2D eigenvalue weighted by Crippen LogP contribution is 2.39. The predicted octanol–water partition coefficient (Wildman–Crippen LogP) is 3.35. The Morgan fingerprint density at radius 2 is 2.09 bits per heavy atom. The van der Waals surface area contributed by atoms with E-state index in [4.69, 9.17) is 25.8 Å². The van der Waals surface area contributed by atoms with Gasteiger partial charge >= 0.3 is 0 Å². The van der Waals surface area contributed by atoms with Crippen LogP contribution < -0.4 is 5.32 Å². The minimum Gasteiger partial charge on any atom is -0.386 e. The van der Waals surface area contributed by atoms with E-state index in [9.17, 15) is 5.11 Å². The zero-order chi connectivity index (χ0) is 24.5. The first kappa shape index (κ1) is 23.0. The van der Waals surface area contributed by atoms with Gasteiger partial charge in [-0.2, -0.15) is 0 Å². The number of nitrogens with zero attached hydrogens (tertiary/aromatic N) is 4. The molecule has 0 unspecified atom stereocenters. The standard InChI is InChI=1S/C23H24ClF2N5O4/c1-10(2)31-16-4-11(3-14(25)18(16)29-21(31)23(26)8-33-9-23)17-13(24)6-27-22(30-17)28-15-5-12-7-34-20(35-12)19(15)32/h3-4,6,10,12,15,19-20,32H,5,7-9H2,1-2H3,(H,27,28,30)/t12-,15+,19-,20+/m0/s1. The number of aliphatic hydroxyl groups excluding tert-OH is 1. The summed E-state index contributed by atoms with van der Waals surface area (Å²) in [6.07, 6.45) is 0.227. The van der Waals surface area contributed by atoms with Gasteiger partial charge in [0.05, 0.1) is 54.4 Å². The molecule has 12 heteroatoms. The van der Waals surface area contributed by atoms with Gasteiger partial charge in [-0.3, -0.25) is 0 Å². The van der Waals surface area contributed by atoms with Gasteiger partial charge in [-0.1, -0.05) is 11.6 Å². The lowest BCUT2D eigenvalue weighted by Crippen LogP contribution is -2.48. The van der Waals surface area contributed by atoms with Crippen molar-refractivity contribution in [3.8, 4) is 11.3 Å². The van der Waals surface area contributed by atoms with Gasteiger partial charge in [-0.15, -0.1) is 0 Å². The van der Waals surface area contributed by atoms with E-state index >= 15 is 8.78 Å². The van der Waals surface area contributed by atoms with Crippen molar-refractivity contribution in [1.82, 2.24) is 19.5 Å². The Bertz CT molecular complexity index is 1300. The van der Waals surface area contributed by atoms with Gasteiger partial charge in [0.25, 0.3) is 0 Å². The van der Waals surface area contributed by atoms with Crippen LogP contribution in [0.25, 0.3) is 22.3 Å². The maximum absolute atomic E-state index is 15.3. The fraction of sp³-hybridized carbons (Fsp3) is 0.522. The van der Waals surface area contributed by atoms with Crippen molar-refractivity contribution in [3.63, 3.8) is 0 Å². The Hall–Kier alpha value is -2.44. The Morgan fingerprint density at radius 3 is 2.80 bits per heavy atom. The minimum absolute atomic E-state index is 0.0747. The summed E-state index contributed by atoms with van der Waals surface area (Å²) >= 11 is 6.41. The molecule has 2 bridgehead atoms. The number of alkyl halides is 1. The van der Waals surface area contributed by atoms with Gasteiger partial charge in [0.15, 0.2) is 17.9 Å². The van der Waals surface area contributed by atoms with E-state index in [-0.39, 0.29) is 53.7 Å². The van der Waals surface area contributed by atoms with Crippen molar-refractivity contribution in [1.29, 1.82) is 0 Å². The SMILES string of the molecule is CC(C)n1c(C2(F)COC2)nc2c(F)cc(-c3nc(N[C@@H]4C[C@H]5CO[C@H](O5)[C@H]4O)ncc3Cl)cc21. The quantitative estimate of drug-likeness (QED) is 0.542. The fourth-order valence-electron chi connectivity index (χ4n) is 4.87. The lowest BCUT2D eigenvalue weighted by Gasteiger charge is -2.34. The number of anilines is 1. The third kappa shape index (κ3) is 3.77. The van der Waals surface area contributed by atoms with Crippen LogP contribution >= 0.6 is 11.6 Å². The third-order valence-electron chi connectivity index (χ3n) is 6.64. The van der Waals surface area contributed by atoms with Gasteiger partial charge in [0, 0.05) is 11.6 Å². The zero-order valence-electron chi connectivity index (χ0n) is 19.0. The summed E-state index contributed by atoms with van der Waals surface area (Å²) < 4.78 is 48.3. The van der Waals surface area contributed by atoms with Crippen LogP contribution in [0.3, 0.4) is 0 Å². The maximum Gasteiger partial charge on any atom is 0.223 e. The molecule has 5 heterocycles. The van der Waals surface area contributed by atoms with E-state index in [1.165, 1.54) is 12.3 Å². The number of aliphatic hydroxyl groups is 1. The number of imidazole rings is 1. The summed E-state index contributed by atoms with van der Waals surface area (Å²) in [6.45, 7) is 3.95. The first-order chi connectivity index (χ1) is 16.7. The Morgan fingerprint density at radius 1 is 1.29 bits per heavy atom. The molecule has 1 aromatic carbocycles. The normalized spacial score (nSPS) is 27.4. The molecule has 2 N–H and O–H groups in total. The largest absolute Gasteiger partial charge is 0.386 e. The van der Waals surface area contributed by atoms with E-state index in [1.807, 2.05) is 13.8 Å². The molecule has 0 amide bonds. The number of rotatable bonds is 5. The smallest absolute Gasteiger partial charge is 0.223 e. The molecule has 2 aromatic heterocycles. The summed E-state index contributed by atoms with van der Waals surface area (Å²) in [6, 6.07) is 2.42. The minimum atomic E-state index is -1.76. The highest BCUT2D eigenvalue weighted by atomic mass is 35.5. The molecule has 9 nitrogen and oxygen atoms in total. The van der Waals surface area contributed by atoms with Crippen LogP contribution in [0.4, 0.5) is 14.7 Å². The monoisotopic (exact) mass is 507 g/mol. The van der Waals surface area contributed by atoms with Gasteiger partial charge in [-0.05, 0) is 32.4 Å². The molecule has 35 heavy (non-hydrogen) atoms.